The Morgan fingerprint density at radius 2 is 1.95 bits per heavy atom. The fraction of sp³-hybridized carbons (Fsp3) is 0.259. The summed E-state index contributed by atoms with van der Waals surface area (Å²) >= 11 is 1.49. The van der Waals surface area contributed by atoms with E-state index in [1.807, 2.05) is 17.2 Å². The first-order chi connectivity index (χ1) is 20.5. The number of anilines is 1. The van der Waals surface area contributed by atoms with E-state index < -0.39 is 5.76 Å². The highest BCUT2D eigenvalue weighted by Gasteiger charge is 2.27. The quantitative estimate of drug-likeness (QED) is 0.267. The highest BCUT2D eigenvalue weighted by Crippen LogP contribution is 2.38. The largest absolute Gasteiger partial charge is 0.434 e. The van der Waals surface area contributed by atoms with E-state index in [-0.39, 0.29) is 23.9 Å². The molecule has 0 atom stereocenters. The van der Waals surface area contributed by atoms with Crippen molar-refractivity contribution < 1.29 is 14.0 Å². The summed E-state index contributed by atoms with van der Waals surface area (Å²) in [5.74, 6) is 0.0244. The van der Waals surface area contributed by atoms with Gasteiger partial charge < -0.3 is 14.6 Å². The van der Waals surface area contributed by atoms with Crippen molar-refractivity contribution >= 4 is 29.2 Å². The molecule has 0 saturated carbocycles. The highest BCUT2D eigenvalue weighted by atomic mass is 32.1. The Balaban J connectivity index is 1.29. The first kappa shape index (κ1) is 27.0. The average molecular weight is 587 g/mol. The number of amides is 3. The van der Waals surface area contributed by atoms with Crippen molar-refractivity contribution in [3.05, 3.63) is 71.1 Å². The van der Waals surface area contributed by atoms with Crippen LogP contribution in [0.3, 0.4) is 0 Å². The topological polar surface area (TPSA) is 177 Å². The van der Waals surface area contributed by atoms with Gasteiger partial charge in [0.1, 0.15) is 17.2 Å². The lowest BCUT2D eigenvalue weighted by molar-refractivity contribution is 0.182. The van der Waals surface area contributed by atoms with Gasteiger partial charge in [-0.05, 0) is 31.9 Å². The number of rotatable bonds is 6. The van der Waals surface area contributed by atoms with E-state index >= 15 is 0 Å². The zero-order chi connectivity index (χ0) is 29.1. The summed E-state index contributed by atoms with van der Waals surface area (Å²) in [5, 5.41) is 14.4. The first-order valence-electron chi connectivity index (χ1n) is 13.3. The van der Waals surface area contributed by atoms with Gasteiger partial charge >= 0.3 is 17.8 Å². The van der Waals surface area contributed by atoms with Gasteiger partial charge in [0, 0.05) is 78.6 Å². The number of nitrogens with one attached hydrogen (secondary N) is 3. The van der Waals surface area contributed by atoms with Crippen LogP contribution in [0.4, 0.5) is 15.4 Å². The summed E-state index contributed by atoms with van der Waals surface area (Å²) in [6.45, 7) is 3.55. The number of urea groups is 1. The Bertz CT molecular complexity index is 1770. The molecule has 0 unspecified atom stereocenters. The zero-order valence-corrected chi connectivity index (χ0v) is 23.3. The summed E-state index contributed by atoms with van der Waals surface area (Å²) in [6, 6.07) is 3.13. The van der Waals surface area contributed by atoms with Crippen LogP contribution in [0.1, 0.15) is 31.4 Å². The minimum Gasteiger partial charge on any atom is -0.388 e. The number of aromatic nitrogens is 7. The molecule has 3 amide bonds. The monoisotopic (exact) mass is 586 g/mol. The van der Waals surface area contributed by atoms with E-state index in [1.54, 1.807) is 43.1 Å². The number of thiazole rings is 1. The van der Waals surface area contributed by atoms with Gasteiger partial charge in [-0.25, -0.2) is 34.4 Å². The smallest absolute Gasteiger partial charge is 0.388 e. The Morgan fingerprint density at radius 3 is 2.69 bits per heavy atom. The van der Waals surface area contributed by atoms with Crippen LogP contribution in [-0.2, 0) is 0 Å². The van der Waals surface area contributed by atoms with Crippen molar-refractivity contribution in [2.45, 2.75) is 25.7 Å². The first-order valence-corrected chi connectivity index (χ1v) is 14.2. The summed E-state index contributed by atoms with van der Waals surface area (Å²) in [4.78, 5) is 55.9. The fourth-order valence-corrected chi connectivity index (χ4v) is 5.74. The van der Waals surface area contributed by atoms with Gasteiger partial charge in [0.25, 0.3) is 5.89 Å². The van der Waals surface area contributed by atoms with E-state index in [0.29, 0.717) is 36.6 Å². The Morgan fingerprint density at radius 1 is 1.12 bits per heavy atom. The molecular formula is C27H26N10O4S. The van der Waals surface area contributed by atoms with Crippen LogP contribution in [0.25, 0.3) is 33.2 Å². The molecule has 15 heteroatoms. The van der Waals surface area contributed by atoms with Crippen molar-refractivity contribution in [2.24, 2.45) is 0 Å². The molecule has 1 saturated heterocycles. The van der Waals surface area contributed by atoms with E-state index in [9.17, 15) is 14.4 Å². The molecule has 6 heterocycles. The number of carbonyl (C=O) groups is 2. The second-order valence-electron chi connectivity index (χ2n) is 9.57. The van der Waals surface area contributed by atoms with Gasteiger partial charge in [-0.2, -0.15) is 0 Å². The molecule has 5 aromatic rings. The minimum atomic E-state index is -0.661. The van der Waals surface area contributed by atoms with Crippen molar-refractivity contribution in [2.75, 3.05) is 25.0 Å². The van der Waals surface area contributed by atoms with E-state index in [0.717, 1.165) is 34.7 Å². The molecule has 214 valence electrons. The molecule has 1 aliphatic heterocycles. The molecule has 6 rings (SSSR count). The molecule has 42 heavy (non-hydrogen) atoms. The van der Waals surface area contributed by atoms with Gasteiger partial charge in [-0.15, -0.1) is 16.4 Å². The van der Waals surface area contributed by atoms with Crippen LogP contribution >= 0.6 is 11.3 Å². The minimum absolute atomic E-state index is 0.0802. The third-order valence-electron chi connectivity index (χ3n) is 6.88. The van der Waals surface area contributed by atoms with Crippen LogP contribution in [0.2, 0.25) is 0 Å². The molecule has 14 nitrogen and oxygen atoms in total. The second-order valence-corrected chi connectivity index (χ2v) is 10.4. The maximum Gasteiger partial charge on any atom is 0.434 e. The van der Waals surface area contributed by atoms with Gasteiger partial charge in [-0.3, -0.25) is 14.9 Å². The SMILES string of the molecule is CCNC(=O)Nc1cc(-c2nc(C3CCN(C(=O)n4ccnc4)CC3)cs2)c(-c2cncc(-c3n[nH]c(=O)o3)c2)cn1. The van der Waals surface area contributed by atoms with Gasteiger partial charge in [-0.1, -0.05) is 0 Å². The number of imidazole rings is 1. The van der Waals surface area contributed by atoms with Gasteiger partial charge in [0.15, 0.2) is 0 Å². The maximum absolute atomic E-state index is 12.7. The Labute approximate surface area is 242 Å². The number of H-pyrrole nitrogens is 1. The van der Waals surface area contributed by atoms with Crippen LogP contribution in [-0.4, -0.2) is 71.3 Å². The number of piperidine rings is 1. The molecule has 1 aliphatic rings. The normalized spacial score (nSPS) is 13.7. The molecular weight excluding hydrogens is 560 g/mol. The molecule has 3 N–H and O–H groups in total. The molecule has 0 aromatic carbocycles. The number of nitrogens with zero attached hydrogens (tertiary/aromatic N) is 7. The zero-order valence-electron chi connectivity index (χ0n) is 22.5. The molecule has 5 aromatic heterocycles. The van der Waals surface area contributed by atoms with Crippen LogP contribution in [0.15, 0.2) is 64.0 Å². The number of hydrogen-bond donors (Lipinski definition) is 3. The van der Waals surface area contributed by atoms with Crippen LogP contribution in [0, 0.1) is 0 Å². The number of carbonyl (C=O) groups excluding carboxylic acids is 2. The number of likely N-dealkylation sites (tertiary alicyclic amines) is 1. The molecule has 0 aliphatic carbocycles. The number of hydrogen-bond acceptors (Lipinski definition) is 10. The van der Waals surface area contributed by atoms with Gasteiger partial charge in [0.2, 0.25) is 0 Å². The van der Waals surface area contributed by atoms with Crippen molar-refractivity contribution in [3.8, 4) is 33.2 Å². The fourth-order valence-electron chi connectivity index (χ4n) is 4.81. The molecule has 0 spiro atoms. The predicted octanol–water partition coefficient (Wildman–Crippen LogP) is 3.80. The number of aromatic amines is 1. The molecule has 1 fully saturated rings. The third-order valence-corrected chi connectivity index (χ3v) is 7.77. The van der Waals surface area contributed by atoms with E-state index in [2.05, 4.69) is 35.8 Å². The summed E-state index contributed by atoms with van der Waals surface area (Å²) < 4.78 is 6.59. The third kappa shape index (κ3) is 5.67. The summed E-state index contributed by atoms with van der Waals surface area (Å²) in [7, 11) is 0. The number of pyridine rings is 2. The average Bonchev–Trinajstić information content (AvgIpc) is 3.80. The van der Waals surface area contributed by atoms with Crippen molar-refractivity contribution in [1.82, 2.24) is 44.9 Å². The lowest BCUT2D eigenvalue weighted by atomic mass is 9.94. The Hall–Kier alpha value is -5.18. The highest BCUT2D eigenvalue weighted by molar-refractivity contribution is 7.13. The molecule has 0 radical (unpaired) electrons. The maximum atomic E-state index is 12.7. The van der Waals surface area contributed by atoms with E-state index in [4.69, 9.17) is 9.40 Å². The lowest BCUT2D eigenvalue weighted by Crippen LogP contribution is -2.40. The standard InChI is InChI=1S/C27H26N10O4S/c1-2-30-25(38)33-22-10-19(20(13-31-22)17-9-18(12-29-11-17)23-34-35-26(39)41-23)24-32-21(14-42-24)16-3-6-36(7-4-16)27(40)37-8-5-28-15-37/h5,8-16H,2-4,6-7H2,1H3,(H,35,39)(H2,30,31,33,38). The van der Waals surface area contributed by atoms with Gasteiger partial charge in [0.05, 0.1) is 11.3 Å². The van der Waals surface area contributed by atoms with Crippen LogP contribution < -0.4 is 16.4 Å². The van der Waals surface area contributed by atoms with Crippen LogP contribution in [0.5, 0.6) is 0 Å². The van der Waals surface area contributed by atoms with E-state index in [1.165, 1.54) is 22.2 Å². The Kier molecular flexibility index (Phi) is 7.55. The summed E-state index contributed by atoms with van der Waals surface area (Å²) in [5.41, 5.74) is 3.65. The lowest BCUT2D eigenvalue weighted by Gasteiger charge is -2.31. The molecule has 0 bridgehead atoms. The van der Waals surface area contributed by atoms with Crippen molar-refractivity contribution in [1.29, 1.82) is 0 Å². The summed E-state index contributed by atoms with van der Waals surface area (Å²) in [6.07, 6.45) is 11.2. The second kappa shape index (κ2) is 11.7. The predicted molar refractivity (Wildman–Crippen MR) is 154 cm³/mol. The van der Waals surface area contributed by atoms with Crippen molar-refractivity contribution in [3.63, 3.8) is 0 Å².